The molecule has 0 spiro atoms. The molecule has 0 atom stereocenters. The van der Waals surface area contributed by atoms with Gasteiger partial charge in [0, 0.05) is 5.69 Å². The molecule has 3 rings (SSSR count). The van der Waals surface area contributed by atoms with Gasteiger partial charge in [-0.3, -0.25) is 14.5 Å². The van der Waals surface area contributed by atoms with E-state index in [1.54, 1.807) is 6.07 Å². The summed E-state index contributed by atoms with van der Waals surface area (Å²) < 4.78 is 0. The molecule has 2 N–H and O–H groups in total. The Hall–Kier alpha value is -2.99. The Balaban J connectivity index is 1.71. The second kappa shape index (κ2) is 8.14. The first kappa shape index (κ1) is 18.8. The van der Waals surface area contributed by atoms with E-state index < -0.39 is 0 Å². The van der Waals surface area contributed by atoms with Crippen LogP contribution in [-0.4, -0.2) is 33.9 Å². The van der Waals surface area contributed by atoms with Crippen molar-refractivity contribution in [3.8, 4) is 0 Å². The van der Waals surface area contributed by atoms with Crippen molar-refractivity contribution in [1.29, 1.82) is 0 Å². The van der Waals surface area contributed by atoms with Gasteiger partial charge in [-0.2, -0.15) is 0 Å². The number of para-hydroxylation sites is 1. The highest BCUT2D eigenvalue weighted by Crippen LogP contribution is 2.16. The maximum Gasteiger partial charge on any atom is 0.258 e. The summed E-state index contributed by atoms with van der Waals surface area (Å²) in [5.41, 5.74) is 3.45. The van der Waals surface area contributed by atoms with E-state index in [-0.39, 0.29) is 18.0 Å². The lowest BCUT2D eigenvalue weighted by Gasteiger charge is -2.20. The molecule has 1 heterocycles. The summed E-state index contributed by atoms with van der Waals surface area (Å²) in [5.74, 6) is 0.466. The molecule has 0 aliphatic rings. The predicted octanol–water partition coefficient (Wildman–Crippen LogP) is 3.00. The third kappa shape index (κ3) is 4.60. The van der Waals surface area contributed by atoms with Gasteiger partial charge in [0.2, 0.25) is 5.91 Å². The summed E-state index contributed by atoms with van der Waals surface area (Å²) in [6.07, 6.45) is 0. The quantitative estimate of drug-likeness (QED) is 0.705. The molecular weight excluding hydrogens is 340 g/mol. The zero-order valence-corrected chi connectivity index (χ0v) is 15.9. The Labute approximate surface area is 158 Å². The number of aryl methyl sites for hydroxylation is 2. The number of nitrogens with one attached hydrogen (secondary N) is 2. The van der Waals surface area contributed by atoms with Crippen molar-refractivity contribution in [2.75, 3.05) is 18.4 Å². The molecule has 6 heteroatoms. The van der Waals surface area contributed by atoms with Gasteiger partial charge in [0.15, 0.2) is 0 Å². The fourth-order valence-electron chi connectivity index (χ4n) is 2.96. The molecule has 0 bridgehead atoms. The van der Waals surface area contributed by atoms with Gasteiger partial charge >= 0.3 is 0 Å². The van der Waals surface area contributed by atoms with Crippen molar-refractivity contribution in [3.63, 3.8) is 0 Å². The smallest absolute Gasteiger partial charge is 0.258 e. The van der Waals surface area contributed by atoms with Crippen LogP contribution in [0.1, 0.15) is 23.9 Å². The highest BCUT2D eigenvalue weighted by molar-refractivity contribution is 5.93. The van der Waals surface area contributed by atoms with Gasteiger partial charge in [0.05, 0.1) is 24.0 Å². The standard InChI is InChI=1S/C21H24N4O2/c1-4-25(13-20(26)23-18-11-14(2)9-10-15(18)3)12-19-22-17-8-6-5-7-16(17)21(27)24-19/h5-11H,4,12-13H2,1-3H3,(H,23,26)(H,22,24,27). The minimum atomic E-state index is -0.161. The minimum absolute atomic E-state index is 0.0892. The molecule has 0 saturated heterocycles. The van der Waals surface area contributed by atoms with Crippen molar-refractivity contribution >= 4 is 22.5 Å². The van der Waals surface area contributed by atoms with Crippen LogP contribution in [0.3, 0.4) is 0 Å². The third-order valence-electron chi connectivity index (χ3n) is 4.52. The Kier molecular flexibility index (Phi) is 5.66. The minimum Gasteiger partial charge on any atom is -0.325 e. The van der Waals surface area contributed by atoms with Gasteiger partial charge in [0.25, 0.3) is 5.56 Å². The van der Waals surface area contributed by atoms with Crippen LogP contribution in [-0.2, 0) is 11.3 Å². The Morgan fingerprint density at radius 2 is 1.96 bits per heavy atom. The van der Waals surface area contributed by atoms with Gasteiger partial charge in [-0.25, -0.2) is 4.98 Å². The van der Waals surface area contributed by atoms with E-state index in [4.69, 9.17) is 0 Å². The SMILES string of the molecule is CCN(CC(=O)Nc1cc(C)ccc1C)Cc1nc2ccccc2c(=O)[nH]1. The number of rotatable bonds is 6. The van der Waals surface area contributed by atoms with E-state index in [9.17, 15) is 9.59 Å². The van der Waals surface area contributed by atoms with Crippen LogP contribution in [0.25, 0.3) is 10.9 Å². The van der Waals surface area contributed by atoms with E-state index in [1.807, 2.05) is 62.1 Å². The molecule has 0 aliphatic heterocycles. The van der Waals surface area contributed by atoms with E-state index in [0.717, 1.165) is 16.8 Å². The van der Waals surface area contributed by atoms with E-state index >= 15 is 0 Å². The van der Waals surface area contributed by atoms with Crippen LogP contribution in [0.4, 0.5) is 5.69 Å². The maximum absolute atomic E-state index is 12.5. The van der Waals surface area contributed by atoms with Crippen LogP contribution in [0, 0.1) is 13.8 Å². The van der Waals surface area contributed by atoms with Gasteiger partial charge in [0.1, 0.15) is 5.82 Å². The lowest BCUT2D eigenvalue weighted by atomic mass is 10.1. The number of hydrogen-bond acceptors (Lipinski definition) is 4. The summed E-state index contributed by atoms with van der Waals surface area (Å²) in [6, 6.07) is 13.2. The first-order chi connectivity index (χ1) is 13.0. The molecular formula is C21H24N4O2. The molecule has 6 nitrogen and oxygen atoms in total. The molecule has 1 aromatic heterocycles. The fourth-order valence-corrected chi connectivity index (χ4v) is 2.96. The number of benzene rings is 2. The molecule has 2 aromatic carbocycles. The Morgan fingerprint density at radius 1 is 1.19 bits per heavy atom. The second-order valence-electron chi connectivity index (χ2n) is 6.70. The highest BCUT2D eigenvalue weighted by atomic mass is 16.2. The molecule has 0 unspecified atom stereocenters. The van der Waals surface area contributed by atoms with Crippen LogP contribution in [0.2, 0.25) is 0 Å². The van der Waals surface area contributed by atoms with Gasteiger partial charge < -0.3 is 10.3 Å². The molecule has 0 aliphatic carbocycles. The first-order valence-corrected chi connectivity index (χ1v) is 9.03. The topological polar surface area (TPSA) is 78.1 Å². The lowest BCUT2D eigenvalue weighted by molar-refractivity contribution is -0.117. The summed E-state index contributed by atoms with van der Waals surface area (Å²) >= 11 is 0. The summed E-state index contributed by atoms with van der Waals surface area (Å²) in [5, 5.41) is 3.54. The molecule has 0 fully saturated rings. The number of carbonyl (C=O) groups is 1. The number of likely N-dealkylation sites (N-methyl/N-ethyl adjacent to an activating group) is 1. The molecule has 1 amide bonds. The van der Waals surface area contributed by atoms with Crippen LogP contribution in [0.15, 0.2) is 47.3 Å². The summed E-state index contributed by atoms with van der Waals surface area (Å²) in [7, 11) is 0. The average molecular weight is 364 g/mol. The molecule has 27 heavy (non-hydrogen) atoms. The third-order valence-corrected chi connectivity index (χ3v) is 4.52. The summed E-state index contributed by atoms with van der Waals surface area (Å²) in [6.45, 7) is 7.23. The average Bonchev–Trinajstić information content (AvgIpc) is 2.64. The molecule has 0 radical (unpaired) electrons. The predicted molar refractivity (Wildman–Crippen MR) is 108 cm³/mol. The van der Waals surface area contributed by atoms with Gasteiger partial charge in [-0.05, 0) is 49.7 Å². The zero-order valence-electron chi connectivity index (χ0n) is 15.9. The number of H-pyrrole nitrogens is 1. The normalized spacial score (nSPS) is 11.1. The van der Waals surface area contributed by atoms with Crippen LogP contribution >= 0.6 is 0 Å². The molecule has 140 valence electrons. The van der Waals surface area contributed by atoms with Crippen LogP contribution in [0.5, 0.6) is 0 Å². The number of aromatic nitrogens is 2. The summed E-state index contributed by atoms with van der Waals surface area (Å²) in [4.78, 5) is 33.9. The number of fused-ring (bicyclic) bond motifs is 1. The van der Waals surface area contributed by atoms with Crippen LogP contribution < -0.4 is 10.9 Å². The van der Waals surface area contributed by atoms with E-state index in [1.165, 1.54) is 0 Å². The Morgan fingerprint density at radius 3 is 2.74 bits per heavy atom. The number of anilines is 1. The van der Waals surface area contributed by atoms with Crippen molar-refractivity contribution in [2.24, 2.45) is 0 Å². The lowest BCUT2D eigenvalue weighted by Crippen LogP contribution is -2.34. The number of amides is 1. The number of aromatic amines is 1. The van der Waals surface area contributed by atoms with E-state index in [0.29, 0.717) is 29.8 Å². The monoisotopic (exact) mass is 364 g/mol. The van der Waals surface area contributed by atoms with Crippen molar-refractivity contribution in [1.82, 2.24) is 14.9 Å². The number of hydrogen-bond donors (Lipinski definition) is 2. The van der Waals surface area contributed by atoms with Crippen molar-refractivity contribution < 1.29 is 4.79 Å². The Bertz CT molecular complexity index is 1030. The van der Waals surface area contributed by atoms with Gasteiger partial charge in [-0.15, -0.1) is 0 Å². The van der Waals surface area contributed by atoms with Gasteiger partial charge in [-0.1, -0.05) is 31.2 Å². The molecule has 3 aromatic rings. The first-order valence-electron chi connectivity index (χ1n) is 9.03. The number of nitrogens with zero attached hydrogens (tertiary/aromatic N) is 2. The second-order valence-corrected chi connectivity index (χ2v) is 6.70. The zero-order chi connectivity index (χ0) is 19.4. The number of carbonyl (C=O) groups excluding carboxylic acids is 1. The van der Waals surface area contributed by atoms with Crippen molar-refractivity contribution in [2.45, 2.75) is 27.3 Å². The van der Waals surface area contributed by atoms with Crippen molar-refractivity contribution in [3.05, 3.63) is 69.8 Å². The largest absolute Gasteiger partial charge is 0.325 e. The fraction of sp³-hybridized carbons (Fsp3) is 0.286. The van der Waals surface area contributed by atoms with E-state index in [2.05, 4.69) is 15.3 Å². The highest BCUT2D eigenvalue weighted by Gasteiger charge is 2.13. The molecule has 0 saturated carbocycles. The maximum atomic E-state index is 12.5.